The van der Waals surface area contributed by atoms with E-state index in [9.17, 15) is 9.59 Å². The van der Waals surface area contributed by atoms with Crippen molar-refractivity contribution in [1.29, 1.82) is 0 Å². The highest BCUT2D eigenvalue weighted by atomic mass is 32.1. The van der Waals surface area contributed by atoms with Crippen LogP contribution in [0.25, 0.3) is 0 Å². The third-order valence-corrected chi connectivity index (χ3v) is 2.97. The van der Waals surface area contributed by atoms with Crippen LogP contribution < -0.4 is 10.7 Å². The van der Waals surface area contributed by atoms with Crippen LogP contribution in [0.5, 0.6) is 0 Å². The maximum Gasteiger partial charge on any atom is 0.268 e. The minimum Gasteiger partial charge on any atom is -0.317 e. The van der Waals surface area contributed by atoms with Gasteiger partial charge in [0.1, 0.15) is 5.00 Å². The predicted octanol–water partition coefficient (Wildman–Crippen LogP) is 1.94. The van der Waals surface area contributed by atoms with E-state index in [1.165, 1.54) is 11.3 Å². The van der Waals surface area contributed by atoms with E-state index < -0.39 is 5.41 Å². The van der Waals surface area contributed by atoms with Crippen molar-refractivity contribution in [3.63, 3.8) is 0 Å². The molecule has 1 heterocycles. The van der Waals surface area contributed by atoms with Gasteiger partial charge < -0.3 is 5.32 Å². The number of amides is 2. The van der Waals surface area contributed by atoms with Gasteiger partial charge in [0.15, 0.2) is 0 Å². The molecule has 0 fully saturated rings. The average molecular weight is 269 g/mol. The van der Waals surface area contributed by atoms with Crippen LogP contribution in [0.4, 0.5) is 5.00 Å². The molecule has 0 saturated carbocycles. The molecule has 0 saturated heterocycles. The number of carbonyl (C=O) groups excluding carboxylic acids is 2. The summed E-state index contributed by atoms with van der Waals surface area (Å²) in [6, 6.07) is 1.70. The number of rotatable bonds is 3. The Kier molecular flexibility index (Phi) is 4.48. The normalized spacial score (nSPS) is 11.4. The summed E-state index contributed by atoms with van der Waals surface area (Å²) in [7, 11) is 3.47. The van der Waals surface area contributed by atoms with E-state index >= 15 is 0 Å². The van der Waals surface area contributed by atoms with E-state index in [-0.39, 0.29) is 11.8 Å². The van der Waals surface area contributed by atoms with Crippen LogP contribution in [0.1, 0.15) is 31.1 Å². The SMILES string of the molecule is CN(C)NC(=O)c1ccsc1NC(=O)C(C)(C)C. The van der Waals surface area contributed by atoms with Gasteiger partial charge in [-0.3, -0.25) is 15.0 Å². The van der Waals surface area contributed by atoms with Gasteiger partial charge in [-0.05, 0) is 11.4 Å². The minimum absolute atomic E-state index is 0.108. The van der Waals surface area contributed by atoms with Gasteiger partial charge in [-0.25, -0.2) is 5.01 Å². The van der Waals surface area contributed by atoms with Crippen molar-refractivity contribution in [2.45, 2.75) is 20.8 Å². The number of anilines is 1. The summed E-state index contributed by atoms with van der Waals surface area (Å²) in [6.07, 6.45) is 0. The predicted molar refractivity (Wildman–Crippen MR) is 73.6 cm³/mol. The highest BCUT2D eigenvalue weighted by molar-refractivity contribution is 7.14. The third-order valence-electron chi connectivity index (χ3n) is 2.14. The highest BCUT2D eigenvalue weighted by Gasteiger charge is 2.23. The molecule has 0 radical (unpaired) electrons. The summed E-state index contributed by atoms with van der Waals surface area (Å²) >= 11 is 1.34. The van der Waals surface area contributed by atoms with Gasteiger partial charge in [-0.2, -0.15) is 0 Å². The number of nitrogens with zero attached hydrogens (tertiary/aromatic N) is 1. The fourth-order valence-electron chi connectivity index (χ4n) is 1.14. The fourth-order valence-corrected chi connectivity index (χ4v) is 1.92. The van der Waals surface area contributed by atoms with Gasteiger partial charge in [-0.1, -0.05) is 20.8 Å². The van der Waals surface area contributed by atoms with Crippen LogP contribution in [-0.4, -0.2) is 30.9 Å². The Morgan fingerprint density at radius 1 is 1.28 bits per heavy atom. The lowest BCUT2D eigenvalue weighted by molar-refractivity contribution is -0.123. The second-order valence-electron chi connectivity index (χ2n) is 5.20. The second-order valence-corrected chi connectivity index (χ2v) is 6.12. The zero-order chi connectivity index (χ0) is 13.9. The van der Waals surface area contributed by atoms with Crippen LogP contribution >= 0.6 is 11.3 Å². The Balaban J connectivity index is 2.84. The van der Waals surface area contributed by atoms with Crippen LogP contribution in [0.3, 0.4) is 0 Å². The molecular weight excluding hydrogens is 250 g/mol. The maximum atomic E-state index is 11.9. The fraction of sp³-hybridized carbons (Fsp3) is 0.500. The summed E-state index contributed by atoms with van der Waals surface area (Å²) in [5.74, 6) is -0.339. The average Bonchev–Trinajstić information content (AvgIpc) is 2.63. The molecule has 0 spiro atoms. The Morgan fingerprint density at radius 3 is 2.39 bits per heavy atom. The van der Waals surface area contributed by atoms with Crippen LogP contribution in [0, 0.1) is 5.41 Å². The molecule has 2 N–H and O–H groups in total. The van der Waals surface area contributed by atoms with Crippen molar-refractivity contribution in [2.75, 3.05) is 19.4 Å². The minimum atomic E-state index is -0.487. The number of hydrogen-bond acceptors (Lipinski definition) is 4. The molecule has 0 unspecified atom stereocenters. The van der Waals surface area contributed by atoms with Gasteiger partial charge in [-0.15, -0.1) is 11.3 Å². The van der Waals surface area contributed by atoms with Gasteiger partial charge in [0.25, 0.3) is 5.91 Å². The molecule has 6 heteroatoms. The molecule has 0 aromatic carbocycles. The summed E-state index contributed by atoms with van der Waals surface area (Å²) < 4.78 is 0. The maximum absolute atomic E-state index is 11.9. The molecule has 0 aliphatic carbocycles. The van der Waals surface area contributed by atoms with Crippen molar-refractivity contribution in [3.05, 3.63) is 17.0 Å². The second kappa shape index (κ2) is 5.49. The van der Waals surface area contributed by atoms with Gasteiger partial charge in [0.2, 0.25) is 5.91 Å². The van der Waals surface area contributed by atoms with Crippen molar-refractivity contribution < 1.29 is 9.59 Å². The summed E-state index contributed by atoms with van der Waals surface area (Å²) in [5.41, 5.74) is 2.64. The molecule has 0 aliphatic heterocycles. The largest absolute Gasteiger partial charge is 0.317 e. The van der Waals surface area contributed by atoms with Crippen molar-refractivity contribution in [3.8, 4) is 0 Å². The lowest BCUT2D eigenvalue weighted by atomic mass is 9.96. The molecule has 100 valence electrons. The summed E-state index contributed by atoms with van der Waals surface area (Å²) in [4.78, 5) is 23.8. The third kappa shape index (κ3) is 3.82. The number of hydrazine groups is 1. The highest BCUT2D eigenvalue weighted by Crippen LogP contribution is 2.25. The smallest absolute Gasteiger partial charge is 0.268 e. The quantitative estimate of drug-likeness (QED) is 0.824. The first kappa shape index (κ1) is 14.7. The Hall–Kier alpha value is -1.40. The van der Waals surface area contributed by atoms with Crippen LogP contribution in [-0.2, 0) is 4.79 Å². The lowest BCUT2D eigenvalue weighted by Gasteiger charge is -2.18. The van der Waals surface area contributed by atoms with Crippen molar-refractivity contribution in [1.82, 2.24) is 10.4 Å². The molecule has 18 heavy (non-hydrogen) atoms. The molecular formula is C12H19N3O2S. The van der Waals surface area contributed by atoms with Crippen LogP contribution in [0.2, 0.25) is 0 Å². The Morgan fingerprint density at radius 2 is 1.89 bits per heavy atom. The molecule has 5 nitrogen and oxygen atoms in total. The number of carbonyl (C=O) groups is 2. The molecule has 0 bridgehead atoms. The molecule has 0 atom stereocenters. The Bertz CT molecular complexity index is 446. The lowest BCUT2D eigenvalue weighted by Crippen LogP contribution is -2.36. The Labute approximate surface area is 111 Å². The molecule has 2 amide bonds. The molecule has 1 aromatic heterocycles. The van der Waals surface area contributed by atoms with Gasteiger partial charge in [0, 0.05) is 19.5 Å². The van der Waals surface area contributed by atoms with Gasteiger partial charge >= 0.3 is 0 Å². The summed E-state index contributed by atoms with van der Waals surface area (Å²) in [6.45, 7) is 5.49. The van der Waals surface area contributed by atoms with E-state index in [1.807, 2.05) is 20.8 Å². The summed E-state index contributed by atoms with van der Waals surface area (Å²) in [5, 5.41) is 6.71. The van der Waals surface area contributed by atoms with E-state index in [4.69, 9.17) is 0 Å². The van der Waals surface area contributed by atoms with Crippen molar-refractivity contribution >= 4 is 28.2 Å². The first-order valence-corrected chi connectivity index (χ1v) is 6.47. The molecule has 0 aliphatic rings. The topological polar surface area (TPSA) is 61.4 Å². The van der Waals surface area contributed by atoms with Gasteiger partial charge in [0.05, 0.1) is 5.56 Å². The first-order valence-electron chi connectivity index (χ1n) is 5.59. The molecule has 1 rings (SSSR count). The van der Waals surface area contributed by atoms with E-state index in [1.54, 1.807) is 30.6 Å². The number of hydrogen-bond donors (Lipinski definition) is 2. The van der Waals surface area contributed by atoms with E-state index in [0.717, 1.165) is 0 Å². The van der Waals surface area contributed by atoms with E-state index in [2.05, 4.69) is 10.7 Å². The van der Waals surface area contributed by atoms with Crippen molar-refractivity contribution in [2.24, 2.45) is 5.41 Å². The monoisotopic (exact) mass is 269 g/mol. The standard InChI is InChI=1S/C12H19N3O2S/c1-12(2,3)11(17)13-10-8(6-7-18-10)9(16)14-15(4)5/h6-7H,1-5H3,(H,13,17)(H,14,16). The van der Waals surface area contributed by atoms with Crippen LogP contribution in [0.15, 0.2) is 11.4 Å². The number of thiophene rings is 1. The zero-order valence-corrected chi connectivity index (χ0v) is 12.1. The zero-order valence-electron chi connectivity index (χ0n) is 11.3. The van der Waals surface area contributed by atoms with E-state index in [0.29, 0.717) is 10.6 Å². The molecule has 1 aromatic rings. The number of nitrogens with one attached hydrogen (secondary N) is 2. The first-order chi connectivity index (χ1) is 8.21.